The van der Waals surface area contributed by atoms with Crippen LogP contribution in [0.2, 0.25) is 0 Å². The molecule has 20 heavy (non-hydrogen) atoms. The molecule has 0 saturated carbocycles. The van der Waals surface area contributed by atoms with Gasteiger partial charge in [-0.1, -0.05) is 45.3 Å². The number of hydrogen-bond donors (Lipinski definition) is 1. The summed E-state index contributed by atoms with van der Waals surface area (Å²) in [6.07, 6.45) is 0. The summed E-state index contributed by atoms with van der Waals surface area (Å²) in [5.74, 6) is -0.624. The van der Waals surface area contributed by atoms with Gasteiger partial charge in [0.25, 0.3) is 0 Å². The Labute approximate surface area is 126 Å². The van der Waals surface area contributed by atoms with Crippen LogP contribution in [0.3, 0.4) is 0 Å². The number of carbonyl (C=O) groups is 1. The first kappa shape index (κ1) is 14.6. The van der Waals surface area contributed by atoms with Crippen LogP contribution >= 0.6 is 15.9 Å². The Morgan fingerprint density at radius 2 is 1.80 bits per heavy atom. The summed E-state index contributed by atoms with van der Waals surface area (Å²) in [6, 6.07) is 11.1. The largest absolute Gasteiger partial charge is 0.488 e. The summed E-state index contributed by atoms with van der Waals surface area (Å²) in [5.41, 5.74) is 3.52. The van der Waals surface area contributed by atoms with Crippen LogP contribution < -0.4 is 4.74 Å². The second-order valence-electron chi connectivity index (χ2n) is 4.73. The molecule has 0 fully saturated rings. The van der Waals surface area contributed by atoms with E-state index >= 15 is 0 Å². The van der Waals surface area contributed by atoms with Gasteiger partial charge < -0.3 is 9.84 Å². The molecule has 0 aromatic heterocycles. The topological polar surface area (TPSA) is 46.5 Å². The fourth-order valence-electron chi connectivity index (χ4n) is 2.11. The van der Waals surface area contributed by atoms with Crippen molar-refractivity contribution in [2.75, 3.05) is 0 Å². The van der Waals surface area contributed by atoms with Gasteiger partial charge in [0, 0.05) is 4.47 Å². The van der Waals surface area contributed by atoms with E-state index in [0.29, 0.717) is 16.8 Å². The number of carboxylic acids is 1. The predicted molar refractivity (Wildman–Crippen MR) is 81.3 cm³/mol. The number of rotatable bonds is 4. The Morgan fingerprint density at radius 1 is 1.15 bits per heavy atom. The average Bonchev–Trinajstić information content (AvgIpc) is 2.36. The molecule has 0 unspecified atom stereocenters. The van der Waals surface area contributed by atoms with Crippen LogP contribution in [-0.2, 0) is 6.61 Å². The molecule has 3 nitrogen and oxygen atoms in total. The van der Waals surface area contributed by atoms with Gasteiger partial charge in [0.05, 0.1) is 0 Å². The summed E-state index contributed by atoms with van der Waals surface area (Å²) >= 11 is 3.26. The number of benzene rings is 2. The Hall–Kier alpha value is -1.81. The molecule has 0 bridgehead atoms. The summed E-state index contributed by atoms with van der Waals surface area (Å²) in [5, 5.41) is 9.17. The molecular formula is C16H15BrO3. The smallest absolute Gasteiger partial charge is 0.339 e. The number of ether oxygens (including phenoxy) is 1. The molecule has 4 heteroatoms. The van der Waals surface area contributed by atoms with Crippen molar-refractivity contribution < 1.29 is 14.6 Å². The van der Waals surface area contributed by atoms with Crippen molar-refractivity contribution in [1.29, 1.82) is 0 Å². The molecule has 104 valence electrons. The Balaban J connectivity index is 2.20. The SMILES string of the molecule is Cc1cc(C)cc(COc2ccc(Br)cc2C(=O)O)c1. The van der Waals surface area contributed by atoms with E-state index in [9.17, 15) is 9.90 Å². The molecule has 2 rings (SSSR count). The van der Waals surface area contributed by atoms with Crippen molar-refractivity contribution in [3.05, 3.63) is 63.1 Å². The first-order valence-corrected chi connectivity index (χ1v) is 6.98. The van der Waals surface area contributed by atoms with E-state index in [2.05, 4.69) is 22.0 Å². The Morgan fingerprint density at radius 3 is 2.40 bits per heavy atom. The van der Waals surface area contributed by atoms with E-state index in [0.717, 1.165) is 16.7 Å². The van der Waals surface area contributed by atoms with Gasteiger partial charge in [0.2, 0.25) is 0 Å². The van der Waals surface area contributed by atoms with Crippen LogP contribution in [0.15, 0.2) is 40.9 Å². The molecule has 0 saturated heterocycles. The molecule has 0 radical (unpaired) electrons. The van der Waals surface area contributed by atoms with Gasteiger partial charge >= 0.3 is 5.97 Å². The molecule has 0 atom stereocenters. The van der Waals surface area contributed by atoms with Crippen molar-refractivity contribution in [1.82, 2.24) is 0 Å². The first-order chi connectivity index (χ1) is 9.45. The van der Waals surface area contributed by atoms with Crippen LogP contribution in [0, 0.1) is 13.8 Å². The van der Waals surface area contributed by atoms with Crippen LogP contribution in [0.1, 0.15) is 27.0 Å². The van der Waals surface area contributed by atoms with Crippen molar-refractivity contribution in [3.8, 4) is 5.75 Å². The Kier molecular flexibility index (Phi) is 4.45. The highest BCUT2D eigenvalue weighted by Gasteiger charge is 2.12. The third kappa shape index (κ3) is 3.61. The van der Waals surface area contributed by atoms with Crippen LogP contribution in [0.25, 0.3) is 0 Å². The molecule has 0 amide bonds. The number of halogens is 1. The van der Waals surface area contributed by atoms with Crippen molar-refractivity contribution in [3.63, 3.8) is 0 Å². The zero-order valence-electron chi connectivity index (χ0n) is 11.3. The monoisotopic (exact) mass is 334 g/mol. The van der Waals surface area contributed by atoms with E-state index in [1.165, 1.54) is 0 Å². The van der Waals surface area contributed by atoms with Gasteiger partial charge in [0.15, 0.2) is 0 Å². The second kappa shape index (κ2) is 6.09. The third-order valence-electron chi connectivity index (χ3n) is 2.85. The van der Waals surface area contributed by atoms with Gasteiger partial charge in [-0.2, -0.15) is 0 Å². The fraction of sp³-hybridized carbons (Fsp3) is 0.188. The lowest BCUT2D eigenvalue weighted by molar-refractivity contribution is 0.0691. The standard InChI is InChI=1S/C16H15BrO3/c1-10-5-11(2)7-12(6-10)9-20-15-4-3-13(17)8-14(15)16(18)19/h3-8H,9H2,1-2H3,(H,18,19). The lowest BCUT2D eigenvalue weighted by Crippen LogP contribution is -2.03. The number of carboxylic acid groups (broad SMARTS) is 1. The molecule has 0 aliphatic carbocycles. The summed E-state index contributed by atoms with van der Waals surface area (Å²) < 4.78 is 6.36. The third-order valence-corrected chi connectivity index (χ3v) is 3.34. The van der Waals surface area contributed by atoms with E-state index in [4.69, 9.17) is 4.74 Å². The molecular weight excluding hydrogens is 320 g/mol. The molecule has 1 N–H and O–H groups in total. The maximum absolute atomic E-state index is 11.2. The highest BCUT2D eigenvalue weighted by atomic mass is 79.9. The lowest BCUT2D eigenvalue weighted by Gasteiger charge is -2.10. The van der Waals surface area contributed by atoms with Gasteiger partial charge in [-0.15, -0.1) is 0 Å². The van der Waals surface area contributed by atoms with Crippen molar-refractivity contribution in [2.45, 2.75) is 20.5 Å². The van der Waals surface area contributed by atoms with E-state index in [-0.39, 0.29) is 5.56 Å². The van der Waals surface area contributed by atoms with Gasteiger partial charge in [-0.05, 0) is 37.6 Å². The van der Waals surface area contributed by atoms with Crippen molar-refractivity contribution in [2.24, 2.45) is 0 Å². The highest BCUT2D eigenvalue weighted by molar-refractivity contribution is 9.10. The zero-order chi connectivity index (χ0) is 14.7. The second-order valence-corrected chi connectivity index (χ2v) is 5.65. The quantitative estimate of drug-likeness (QED) is 0.904. The molecule has 0 heterocycles. The minimum atomic E-state index is -0.998. The normalized spacial score (nSPS) is 10.3. The molecule has 2 aromatic carbocycles. The van der Waals surface area contributed by atoms with E-state index in [1.807, 2.05) is 26.0 Å². The molecule has 2 aromatic rings. The van der Waals surface area contributed by atoms with Crippen molar-refractivity contribution >= 4 is 21.9 Å². The fourth-order valence-corrected chi connectivity index (χ4v) is 2.47. The van der Waals surface area contributed by atoms with E-state index in [1.54, 1.807) is 18.2 Å². The first-order valence-electron chi connectivity index (χ1n) is 6.18. The van der Waals surface area contributed by atoms with Crippen LogP contribution in [0.5, 0.6) is 5.75 Å². The predicted octanol–water partition coefficient (Wildman–Crippen LogP) is 4.34. The van der Waals surface area contributed by atoms with Crippen LogP contribution in [-0.4, -0.2) is 11.1 Å². The zero-order valence-corrected chi connectivity index (χ0v) is 12.9. The average molecular weight is 335 g/mol. The number of aromatic carboxylic acids is 1. The van der Waals surface area contributed by atoms with Gasteiger partial charge in [0.1, 0.15) is 17.9 Å². The molecule has 0 spiro atoms. The Bertz CT molecular complexity index is 630. The lowest BCUT2D eigenvalue weighted by atomic mass is 10.1. The minimum absolute atomic E-state index is 0.156. The van der Waals surface area contributed by atoms with Gasteiger partial charge in [-0.25, -0.2) is 4.79 Å². The van der Waals surface area contributed by atoms with Gasteiger partial charge in [-0.3, -0.25) is 0 Å². The minimum Gasteiger partial charge on any atom is -0.488 e. The summed E-state index contributed by atoms with van der Waals surface area (Å²) in [4.78, 5) is 11.2. The number of aryl methyl sites for hydroxylation is 2. The maximum Gasteiger partial charge on any atom is 0.339 e. The molecule has 0 aliphatic rings. The van der Waals surface area contributed by atoms with Crippen LogP contribution in [0.4, 0.5) is 0 Å². The number of hydrogen-bond acceptors (Lipinski definition) is 2. The van der Waals surface area contributed by atoms with E-state index < -0.39 is 5.97 Å². The highest BCUT2D eigenvalue weighted by Crippen LogP contribution is 2.24. The maximum atomic E-state index is 11.2. The summed E-state index contributed by atoms with van der Waals surface area (Å²) in [7, 11) is 0. The molecule has 0 aliphatic heterocycles. The summed E-state index contributed by atoms with van der Waals surface area (Å²) in [6.45, 7) is 4.40.